The van der Waals surface area contributed by atoms with Gasteiger partial charge in [-0.1, -0.05) is 26.8 Å². The van der Waals surface area contributed by atoms with E-state index in [0.29, 0.717) is 18.6 Å². The molecule has 3 heteroatoms. The molecule has 1 heterocycles. The normalized spacial score (nSPS) is 24.6. The van der Waals surface area contributed by atoms with E-state index >= 15 is 0 Å². The van der Waals surface area contributed by atoms with Crippen molar-refractivity contribution in [3.8, 4) is 11.5 Å². The Morgan fingerprint density at radius 1 is 1.38 bits per heavy atom. The van der Waals surface area contributed by atoms with Crippen LogP contribution in [0.5, 0.6) is 11.5 Å². The fraction of sp³-hybridized carbons (Fsp3) is 0.667. The molecule has 0 saturated heterocycles. The first-order chi connectivity index (χ1) is 9.97. The summed E-state index contributed by atoms with van der Waals surface area (Å²) in [5.74, 6) is 2.50. The fourth-order valence-electron chi connectivity index (χ4n) is 2.77. The van der Waals surface area contributed by atoms with E-state index < -0.39 is 0 Å². The lowest BCUT2D eigenvalue weighted by molar-refractivity contribution is 0.0434. The Kier molecular flexibility index (Phi) is 5.15. The summed E-state index contributed by atoms with van der Waals surface area (Å²) in [7, 11) is 0. The molecule has 0 fully saturated rings. The third-order valence-electron chi connectivity index (χ3n) is 4.18. The van der Waals surface area contributed by atoms with Crippen LogP contribution in [0.4, 0.5) is 0 Å². The van der Waals surface area contributed by atoms with Crippen LogP contribution in [-0.4, -0.2) is 18.8 Å². The van der Waals surface area contributed by atoms with Crippen molar-refractivity contribution in [1.82, 2.24) is 5.32 Å². The summed E-state index contributed by atoms with van der Waals surface area (Å²) in [6.07, 6.45) is 2.02. The Bertz CT molecular complexity index is 472. The van der Waals surface area contributed by atoms with Gasteiger partial charge >= 0.3 is 0 Å². The Morgan fingerprint density at radius 2 is 2.14 bits per heavy atom. The maximum absolute atomic E-state index is 6.27. The highest BCUT2D eigenvalue weighted by Gasteiger charge is 2.36. The molecule has 2 rings (SSSR count). The van der Waals surface area contributed by atoms with Gasteiger partial charge in [0.15, 0.2) is 0 Å². The molecule has 0 amide bonds. The van der Waals surface area contributed by atoms with Gasteiger partial charge in [-0.05, 0) is 38.8 Å². The Labute approximate surface area is 129 Å². The smallest absolute Gasteiger partial charge is 0.128 e. The molecule has 0 aromatic heterocycles. The van der Waals surface area contributed by atoms with Gasteiger partial charge < -0.3 is 14.8 Å². The maximum Gasteiger partial charge on any atom is 0.128 e. The lowest BCUT2D eigenvalue weighted by Crippen LogP contribution is -2.42. The van der Waals surface area contributed by atoms with Crippen molar-refractivity contribution in [2.45, 2.75) is 59.1 Å². The highest BCUT2D eigenvalue weighted by Crippen LogP contribution is 2.42. The average Bonchev–Trinajstić information content (AvgIpc) is 2.44. The summed E-state index contributed by atoms with van der Waals surface area (Å²) < 4.78 is 11.9. The molecule has 1 N–H and O–H groups in total. The van der Waals surface area contributed by atoms with Crippen LogP contribution < -0.4 is 14.8 Å². The van der Waals surface area contributed by atoms with E-state index in [4.69, 9.17) is 9.47 Å². The number of hydrogen-bond acceptors (Lipinski definition) is 3. The van der Waals surface area contributed by atoms with Crippen LogP contribution in [0.25, 0.3) is 0 Å². The van der Waals surface area contributed by atoms with Crippen molar-refractivity contribution in [2.75, 3.05) is 13.2 Å². The van der Waals surface area contributed by atoms with Crippen molar-refractivity contribution >= 4 is 0 Å². The first-order valence-corrected chi connectivity index (χ1v) is 8.16. The van der Waals surface area contributed by atoms with Gasteiger partial charge in [-0.25, -0.2) is 0 Å². The summed E-state index contributed by atoms with van der Waals surface area (Å²) in [6.45, 7) is 12.6. The van der Waals surface area contributed by atoms with Crippen LogP contribution in [0.2, 0.25) is 0 Å². The van der Waals surface area contributed by atoms with Crippen LogP contribution in [-0.2, 0) is 0 Å². The first-order valence-electron chi connectivity index (χ1n) is 8.16. The van der Waals surface area contributed by atoms with E-state index in [-0.39, 0.29) is 5.60 Å². The fourth-order valence-corrected chi connectivity index (χ4v) is 2.77. The van der Waals surface area contributed by atoms with Crippen LogP contribution in [0, 0.1) is 5.92 Å². The summed E-state index contributed by atoms with van der Waals surface area (Å²) >= 11 is 0. The van der Waals surface area contributed by atoms with E-state index in [1.165, 1.54) is 5.56 Å². The molecule has 1 aliphatic heterocycles. The molecule has 118 valence electrons. The molecule has 0 radical (unpaired) electrons. The van der Waals surface area contributed by atoms with Gasteiger partial charge in [0.2, 0.25) is 0 Å². The highest BCUT2D eigenvalue weighted by molar-refractivity contribution is 5.44. The Hall–Kier alpha value is -1.22. The zero-order valence-corrected chi connectivity index (χ0v) is 14.0. The van der Waals surface area contributed by atoms with Gasteiger partial charge in [0, 0.05) is 24.1 Å². The minimum Gasteiger partial charge on any atom is -0.494 e. The summed E-state index contributed by atoms with van der Waals surface area (Å²) in [4.78, 5) is 0. The molecule has 21 heavy (non-hydrogen) atoms. The predicted molar refractivity (Wildman–Crippen MR) is 87.1 cm³/mol. The minimum atomic E-state index is -0.105. The predicted octanol–water partition coefficient (Wildman–Crippen LogP) is 4.32. The van der Waals surface area contributed by atoms with Crippen molar-refractivity contribution in [2.24, 2.45) is 5.92 Å². The Morgan fingerprint density at radius 3 is 2.76 bits per heavy atom. The Balaban J connectivity index is 2.27. The summed E-state index contributed by atoms with van der Waals surface area (Å²) in [5, 5.41) is 3.70. The topological polar surface area (TPSA) is 30.5 Å². The lowest BCUT2D eigenvalue weighted by atomic mass is 9.86. The molecule has 1 aromatic carbocycles. The molecule has 1 aromatic rings. The van der Waals surface area contributed by atoms with Crippen molar-refractivity contribution in [3.63, 3.8) is 0 Å². The third-order valence-corrected chi connectivity index (χ3v) is 4.18. The highest BCUT2D eigenvalue weighted by atomic mass is 16.5. The lowest BCUT2D eigenvalue weighted by Gasteiger charge is -2.40. The second kappa shape index (κ2) is 6.69. The molecule has 0 aliphatic carbocycles. The second-order valence-corrected chi connectivity index (χ2v) is 6.60. The first kappa shape index (κ1) is 16.2. The van der Waals surface area contributed by atoms with Gasteiger partial charge in [0.25, 0.3) is 0 Å². The van der Waals surface area contributed by atoms with E-state index in [9.17, 15) is 0 Å². The summed E-state index contributed by atoms with van der Waals surface area (Å²) in [6, 6.07) is 6.59. The number of fused-ring (bicyclic) bond motifs is 1. The number of nitrogens with one attached hydrogen (secondary N) is 1. The quantitative estimate of drug-likeness (QED) is 0.846. The molecular formula is C18H29NO2. The van der Waals surface area contributed by atoms with Crippen LogP contribution in [0.15, 0.2) is 18.2 Å². The monoisotopic (exact) mass is 291 g/mol. The number of rotatable bonds is 6. The zero-order valence-electron chi connectivity index (χ0n) is 14.0. The molecule has 2 unspecified atom stereocenters. The van der Waals surface area contributed by atoms with Gasteiger partial charge in [-0.2, -0.15) is 0 Å². The SMILES string of the molecule is CCOc1ccc2c(c1)OC(C)(CC)CC2NCC(C)C. The molecule has 0 bridgehead atoms. The number of hydrogen-bond donors (Lipinski definition) is 1. The van der Waals surface area contributed by atoms with Gasteiger partial charge in [-0.15, -0.1) is 0 Å². The van der Waals surface area contributed by atoms with Gasteiger partial charge in [0.05, 0.1) is 6.61 Å². The van der Waals surface area contributed by atoms with Crippen molar-refractivity contribution < 1.29 is 9.47 Å². The van der Waals surface area contributed by atoms with Crippen molar-refractivity contribution in [3.05, 3.63) is 23.8 Å². The van der Waals surface area contributed by atoms with Crippen LogP contribution >= 0.6 is 0 Å². The minimum absolute atomic E-state index is 0.105. The largest absolute Gasteiger partial charge is 0.494 e. The average molecular weight is 291 g/mol. The molecule has 1 aliphatic rings. The molecule has 0 saturated carbocycles. The maximum atomic E-state index is 6.27. The molecule has 0 spiro atoms. The van der Waals surface area contributed by atoms with E-state index in [0.717, 1.165) is 30.9 Å². The van der Waals surface area contributed by atoms with Crippen LogP contribution in [0.3, 0.4) is 0 Å². The van der Waals surface area contributed by atoms with Crippen LogP contribution in [0.1, 0.15) is 59.1 Å². The van der Waals surface area contributed by atoms with E-state index in [1.54, 1.807) is 0 Å². The number of benzene rings is 1. The number of ether oxygens (including phenoxy) is 2. The molecule has 2 atom stereocenters. The molecule has 3 nitrogen and oxygen atoms in total. The van der Waals surface area contributed by atoms with E-state index in [2.05, 4.69) is 39.1 Å². The second-order valence-electron chi connectivity index (χ2n) is 6.60. The third kappa shape index (κ3) is 3.91. The van der Waals surface area contributed by atoms with Crippen molar-refractivity contribution in [1.29, 1.82) is 0 Å². The van der Waals surface area contributed by atoms with E-state index in [1.807, 2.05) is 19.1 Å². The van der Waals surface area contributed by atoms with Gasteiger partial charge in [-0.3, -0.25) is 0 Å². The standard InChI is InChI=1S/C18H29NO2/c1-6-18(5)11-16(19-12-13(3)4)15-9-8-14(20-7-2)10-17(15)21-18/h8-10,13,16,19H,6-7,11-12H2,1-5H3. The van der Waals surface area contributed by atoms with Gasteiger partial charge in [0.1, 0.15) is 17.1 Å². The zero-order chi connectivity index (χ0) is 15.5. The summed E-state index contributed by atoms with van der Waals surface area (Å²) in [5.41, 5.74) is 1.15. The molecular weight excluding hydrogens is 262 g/mol.